The summed E-state index contributed by atoms with van der Waals surface area (Å²) in [6, 6.07) is 4.72. The number of fused-ring (bicyclic) bond motifs is 1. The monoisotopic (exact) mass is 286 g/mol. The second-order valence-corrected chi connectivity index (χ2v) is 4.95. The molecule has 0 aliphatic carbocycles. The molecule has 21 heavy (non-hydrogen) atoms. The van der Waals surface area contributed by atoms with Crippen LogP contribution >= 0.6 is 0 Å². The molecule has 1 aliphatic rings. The van der Waals surface area contributed by atoms with Gasteiger partial charge < -0.3 is 9.47 Å². The number of nitro groups is 1. The van der Waals surface area contributed by atoms with Crippen LogP contribution in [-0.2, 0) is 17.8 Å². The van der Waals surface area contributed by atoms with Gasteiger partial charge in [0.05, 0.1) is 16.9 Å². The maximum absolute atomic E-state index is 12.4. The number of nitrogens with zero attached hydrogens (tertiary/aromatic N) is 4. The number of anilines is 1. The van der Waals surface area contributed by atoms with Gasteiger partial charge in [0.2, 0.25) is 5.91 Å². The van der Waals surface area contributed by atoms with E-state index in [1.54, 1.807) is 34.3 Å². The van der Waals surface area contributed by atoms with Crippen LogP contribution in [0.1, 0.15) is 12.0 Å². The number of aromatic nitrogens is 2. The molecular weight excluding hydrogens is 272 g/mol. The van der Waals surface area contributed by atoms with Crippen LogP contribution in [0.5, 0.6) is 0 Å². The standard InChI is InChI=1S/C14H14N4O3/c19-14(9-16-7-5-15-10-16)17-6-1-2-11-3-4-12(18(20)21)8-13(11)17/h3-5,7-8,10H,1-2,6,9H2. The van der Waals surface area contributed by atoms with Crippen LogP contribution in [-0.4, -0.2) is 26.9 Å². The summed E-state index contributed by atoms with van der Waals surface area (Å²) in [5.41, 5.74) is 1.64. The Morgan fingerprint density at radius 2 is 2.29 bits per heavy atom. The highest BCUT2D eigenvalue weighted by Crippen LogP contribution is 2.31. The average molecular weight is 286 g/mol. The first kappa shape index (κ1) is 13.3. The Kier molecular flexibility index (Phi) is 3.39. The van der Waals surface area contributed by atoms with E-state index >= 15 is 0 Å². The highest BCUT2D eigenvalue weighted by Gasteiger charge is 2.24. The van der Waals surface area contributed by atoms with Gasteiger partial charge in [0.25, 0.3) is 5.69 Å². The number of carbonyl (C=O) groups excluding carboxylic acids is 1. The minimum atomic E-state index is -0.437. The van der Waals surface area contributed by atoms with E-state index in [0.717, 1.165) is 18.4 Å². The summed E-state index contributed by atoms with van der Waals surface area (Å²) in [5.74, 6) is -0.0885. The first-order valence-electron chi connectivity index (χ1n) is 6.68. The largest absolute Gasteiger partial charge is 0.328 e. The summed E-state index contributed by atoms with van der Waals surface area (Å²) >= 11 is 0. The van der Waals surface area contributed by atoms with Crippen LogP contribution in [0.3, 0.4) is 0 Å². The van der Waals surface area contributed by atoms with E-state index in [2.05, 4.69) is 4.98 Å². The predicted octanol–water partition coefficient (Wildman–Crippen LogP) is 1.77. The fourth-order valence-corrected chi connectivity index (χ4v) is 2.56. The molecular formula is C14H14N4O3. The number of hydrogen-bond acceptors (Lipinski definition) is 4. The second-order valence-electron chi connectivity index (χ2n) is 4.95. The lowest BCUT2D eigenvalue weighted by Crippen LogP contribution is -2.37. The highest BCUT2D eigenvalue weighted by atomic mass is 16.6. The van der Waals surface area contributed by atoms with Crippen molar-refractivity contribution in [3.8, 4) is 0 Å². The first-order chi connectivity index (χ1) is 10.1. The fraction of sp³-hybridized carbons (Fsp3) is 0.286. The number of nitro benzene ring substituents is 1. The Bertz CT molecular complexity index is 682. The molecule has 0 radical (unpaired) electrons. The Hall–Kier alpha value is -2.70. The number of amides is 1. The Morgan fingerprint density at radius 3 is 3.00 bits per heavy atom. The van der Waals surface area contributed by atoms with Crippen molar-refractivity contribution < 1.29 is 9.72 Å². The van der Waals surface area contributed by atoms with Crippen molar-refractivity contribution in [3.63, 3.8) is 0 Å². The van der Waals surface area contributed by atoms with Crippen LogP contribution in [0.25, 0.3) is 0 Å². The summed E-state index contributed by atoms with van der Waals surface area (Å²) in [6.45, 7) is 0.768. The van der Waals surface area contributed by atoms with Crippen LogP contribution in [0.15, 0.2) is 36.9 Å². The number of benzene rings is 1. The number of carbonyl (C=O) groups is 1. The molecule has 7 nitrogen and oxygen atoms in total. The minimum absolute atomic E-state index is 0.0103. The summed E-state index contributed by atoms with van der Waals surface area (Å²) in [5, 5.41) is 10.9. The number of non-ortho nitro benzene ring substituents is 1. The van der Waals surface area contributed by atoms with Gasteiger partial charge in [0, 0.05) is 31.1 Å². The van der Waals surface area contributed by atoms with E-state index in [9.17, 15) is 14.9 Å². The number of hydrogen-bond donors (Lipinski definition) is 0. The first-order valence-corrected chi connectivity index (χ1v) is 6.68. The van der Waals surface area contributed by atoms with E-state index in [4.69, 9.17) is 0 Å². The summed E-state index contributed by atoms with van der Waals surface area (Å²) < 4.78 is 1.69. The predicted molar refractivity (Wildman–Crippen MR) is 76.0 cm³/mol. The van der Waals surface area contributed by atoms with E-state index in [0.29, 0.717) is 12.2 Å². The van der Waals surface area contributed by atoms with Gasteiger partial charge in [0.1, 0.15) is 6.54 Å². The lowest BCUT2D eigenvalue weighted by Gasteiger charge is -2.29. The molecule has 108 valence electrons. The summed E-state index contributed by atoms with van der Waals surface area (Å²) in [4.78, 5) is 28.4. The van der Waals surface area contributed by atoms with Gasteiger partial charge in [-0.2, -0.15) is 0 Å². The third-order valence-electron chi connectivity index (χ3n) is 3.58. The van der Waals surface area contributed by atoms with Crippen molar-refractivity contribution in [3.05, 3.63) is 52.6 Å². The van der Waals surface area contributed by atoms with Gasteiger partial charge in [-0.15, -0.1) is 0 Å². The normalized spacial score (nSPS) is 13.8. The van der Waals surface area contributed by atoms with Crippen LogP contribution in [0.2, 0.25) is 0 Å². The van der Waals surface area contributed by atoms with Gasteiger partial charge in [-0.1, -0.05) is 6.07 Å². The molecule has 7 heteroatoms. The summed E-state index contributed by atoms with van der Waals surface area (Å²) in [7, 11) is 0. The molecule has 0 atom stereocenters. The van der Waals surface area contributed by atoms with Crippen LogP contribution in [0, 0.1) is 10.1 Å². The third kappa shape index (κ3) is 2.62. The molecule has 1 aromatic carbocycles. The van der Waals surface area contributed by atoms with Crippen LogP contribution in [0.4, 0.5) is 11.4 Å². The van der Waals surface area contributed by atoms with Gasteiger partial charge in [-0.25, -0.2) is 4.98 Å². The average Bonchev–Trinajstić information content (AvgIpc) is 2.98. The molecule has 0 bridgehead atoms. The minimum Gasteiger partial charge on any atom is -0.328 e. The maximum Gasteiger partial charge on any atom is 0.271 e. The SMILES string of the molecule is O=C(Cn1ccnc1)N1CCCc2ccc([N+](=O)[O-])cc21. The van der Waals surface area contributed by atoms with Crippen molar-refractivity contribution in [2.24, 2.45) is 0 Å². The van der Waals surface area contributed by atoms with Crippen molar-refractivity contribution in [2.75, 3.05) is 11.4 Å². The molecule has 0 fully saturated rings. The Balaban J connectivity index is 1.90. The highest BCUT2D eigenvalue weighted by molar-refractivity contribution is 5.94. The lowest BCUT2D eigenvalue weighted by atomic mass is 10.0. The van der Waals surface area contributed by atoms with Crippen molar-refractivity contribution >= 4 is 17.3 Å². The quantitative estimate of drug-likeness (QED) is 0.636. The smallest absolute Gasteiger partial charge is 0.271 e. The zero-order valence-electron chi connectivity index (χ0n) is 11.3. The van der Waals surface area contributed by atoms with Crippen molar-refractivity contribution in [1.29, 1.82) is 0 Å². The van der Waals surface area contributed by atoms with Crippen molar-refractivity contribution in [2.45, 2.75) is 19.4 Å². The summed E-state index contributed by atoms with van der Waals surface area (Å²) in [6.07, 6.45) is 6.61. The van der Waals surface area contributed by atoms with E-state index < -0.39 is 4.92 Å². The molecule has 3 rings (SSSR count). The van der Waals surface area contributed by atoms with E-state index in [1.165, 1.54) is 12.1 Å². The van der Waals surface area contributed by atoms with Gasteiger partial charge in [-0.3, -0.25) is 14.9 Å². The molecule has 0 saturated carbocycles. The fourth-order valence-electron chi connectivity index (χ4n) is 2.56. The molecule has 2 aromatic rings. The third-order valence-corrected chi connectivity index (χ3v) is 3.58. The zero-order valence-corrected chi connectivity index (χ0v) is 11.3. The van der Waals surface area contributed by atoms with E-state index in [1.807, 2.05) is 0 Å². The molecule has 1 amide bonds. The maximum atomic E-state index is 12.4. The molecule has 2 heterocycles. The lowest BCUT2D eigenvalue weighted by molar-refractivity contribution is -0.384. The number of imidazole rings is 1. The topological polar surface area (TPSA) is 81.3 Å². The number of rotatable bonds is 3. The van der Waals surface area contributed by atoms with Gasteiger partial charge >= 0.3 is 0 Å². The molecule has 1 aromatic heterocycles. The molecule has 1 aliphatic heterocycles. The zero-order chi connectivity index (χ0) is 14.8. The molecule has 0 unspecified atom stereocenters. The van der Waals surface area contributed by atoms with Crippen LogP contribution < -0.4 is 4.90 Å². The van der Waals surface area contributed by atoms with Gasteiger partial charge in [0.15, 0.2) is 0 Å². The Labute approximate surface area is 121 Å². The Morgan fingerprint density at radius 1 is 1.43 bits per heavy atom. The van der Waals surface area contributed by atoms with Crippen molar-refractivity contribution in [1.82, 2.24) is 9.55 Å². The van der Waals surface area contributed by atoms with E-state index in [-0.39, 0.29) is 18.1 Å². The molecule has 0 saturated heterocycles. The van der Waals surface area contributed by atoms with Gasteiger partial charge in [-0.05, 0) is 18.4 Å². The second kappa shape index (κ2) is 5.35. The number of aryl methyl sites for hydroxylation is 1. The molecule has 0 N–H and O–H groups in total. The molecule has 0 spiro atoms.